The lowest BCUT2D eigenvalue weighted by Crippen LogP contribution is -2.43. The summed E-state index contributed by atoms with van der Waals surface area (Å²) in [5.41, 5.74) is 1.27. The van der Waals surface area contributed by atoms with Crippen LogP contribution in [0.15, 0.2) is 58.3 Å². The number of nitrogens with zero attached hydrogens (tertiary/aromatic N) is 2. The largest absolute Gasteiger partial charge is 0.454 e. The van der Waals surface area contributed by atoms with E-state index >= 15 is 0 Å². The van der Waals surface area contributed by atoms with Crippen molar-refractivity contribution in [3.8, 4) is 11.5 Å². The van der Waals surface area contributed by atoms with Crippen LogP contribution in [0.1, 0.15) is 28.4 Å². The van der Waals surface area contributed by atoms with Crippen LogP contribution in [-0.4, -0.2) is 28.3 Å². The number of rotatable bonds is 3. The highest BCUT2D eigenvalue weighted by atomic mass is 16.7. The molecule has 0 saturated heterocycles. The smallest absolute Gasteiger partial charge is 0.328 e. The zero-order valence-corrected chi connectivity index (χ0v) is 16.3. The van der Waals surface area contributed by atoms with Gasteiger partial charge in [0.2, 0.25) is 6.79 Å². The number of aromatic amines is 1. The van der Waals surface area contributed by atoms with Crippen LogP contribution >= 0.6 is 0 Å². The predicted molar refractivity (Wildman–Crippen MR) is 109 cm³/mol. The Kier molecular flexibility index (Phi) is 4.20. The van der Waals surface area contributed by atoms with Crippen molar-refractivity contribution in [3.05, 3.63) is 86.2 Å². The number of aromatic nitrogens is 2. The zero-order valence-electron chi connectivity index (χ0n) is 16.3. The maximum atomic E-state index is 13.3. The Bertz CT molecular complexity index is 1280. The Balaban J connectivity index is 1.51. The monoisotopic (exact) mass is 405 g/mol. The summed E-state index contributed by atoms with van der Waals surface area (Å²) in [6.45, 7) is 2.09. The maximum absolute atomic E-state index is 13.3. The number of fused-ring (bicyclic) bond motifs is 2. The molecule has 2 aliphatic heterocycles. The summed E-state index contributed by atoms with van der Waals surface area (Å²) < 4.78 is 11.7. The van der Waals surface area contributed by atoms with Crippen molar-refractivity contribution in [1.82, 2.24) is 9.55 Å². The Hall–Kier alpha value is -3.81. The zero-order chi connectivity index (χ0) is 20.8. The van der Waals surface area contributed by atoms with E-state index in [1.54, 1.807) is 23.1 Å². The second kappa shape index (κ2) is 6.91. The number of hydrogen-bond acceptors (Lipinski definition) is 5. The molecule has 0 radical (unpaired) electrons. The molecule has 8 heteroatoms. The molecule has 8 nitrogen and oxygen atoms in total. The van der Waals surface area contributed by atoms with Gasteiger partial charge in [0.15, 0.2) is 11.5 Å². The van der Waals surface area contributed by atoms with E-state index in [0.717, 1.165) is 22.2 Å². The summed E-state index contributed by atoms with van der Waals surface area (Å²) in [6.07, 6.45) is 1.92. The van der Waals surface area contributed by atoms with Crippen LogP contribution in [0.25, 0.3) is 0 Å². The molecule has 2 aliphatic rings. The van der Waals surface area contributed by atoms with Gasteiger partial charge in [-0.1, -0.05) is 24.3 Å². The first-order valence-electron chi connectivity index (χ1n) is 9.65. The van der Waals surface area contributed by atoms with Gasteiger partial charge in [-0.15, -0.1) is 0 Å². The first-order valence-corrected chi connectivity index (χ1v) is 9.65. The van der Waals surface area contributed by atoms with E-state index in [1.165, 1.54) is 6.20 Å². The third-order valence-corrected chi connectivity index (χ3v) is 5.49. The van der Waals surface area contributed by atoms with E-state index in [4.69, 9.17) is 9.47 Å². The van der Waals surface area contributed by atoms with Gasteiger partial charge < -0.3 is 19.4 Å². The molecule has 1 N–H and O–H groups in total. The van der Waals surface area contributed by atoms with Crippen molar-refractivity contribution < 1.29 is 14.3 Å². The first-order chi connectivity index (χ1) is 14.5. The molecule has 1 atom stereocenters. The van der Waals surface area contributed by atoms with E-state index in [-0.39, 0.29) is 24.9 Å². The van der Waals surface area contributed by atoms with Gasteiger partial charge >= 0.3 is 5.69 Å². The highest BCUT2D eigenvalue weighted by Gasteiger charge is 2.33. The Morgan fingerprint density at radius 2 is 1.93 bits per heavy atom. The van der Waals surface area contributed by atoms with E-state index in [9.17, 15) is 14.4 Å². The van der Waals surface area contributed by atoms with Crippen LogP contribution in [0.3, 0.4) is 0 Å². The summed E-state index contributed by atoms with van der Waals surface area (Å²) in [5.74, 6) is 0.755. The van der Waals surface area contributed by atoms with E-state index in [1.807, 2.05) is 31.2 Å². The number of ether oxygens (including phenoxy) is 2. The van der Waals surface area contributed by atoms with Crippen LogP contribution in [0, 0.1) is 0 Å². The molecule has 0 fully saturated rings. The van der Waals surface area contributed by atoms with Crippen molar-refractivity contribution in [2.75, 3.05) is 11.7 Å². The fourth-order valence-electron chi connectivity index (χ4n) is 4.03. The van der Waals surface area contributed by atoms with Gasteiger partial charge in [0.25, 0.3) is 11.5 Å². The number of amides is 1. The lowest BCUT2D eigenvalue weighted by atomic mass is 10.1. The molecule has 0 spiro atoms. The molecular formula is C22H19N3O5. The molecule has 0 saturated carbocycles. The van der Waals surface area contributed by atoms with Crippen LogP contribution in [0.4, 0.5) is 5.69 Å². The molecule has 2 aromatic carbocycles. The standard InChI is InChI=1S/C22H19N3O5/c1-13-8-15-4-2-3-5-17(15)25(13)21(27)16-10-23-22(28)24(20(16)26)11-14-6-7-18-19(9-14)30-12-29-18/h2-7,9-10,13H,8,11-12H2,1H3,(H,23,28)/t13-/m0/s1. The lowest BCUT2D eigenvalue weighted by Gasteiger charge is -2.22. The Labute approximate surface area is 171 Å². The third-order valence-electron chi connectivity index (χ3n) is 5.49. The number of para-hydroxylation sites is 1. The number of carbonyl (C=O) groups excluding carboxylic acids is 1. The summed E-state index contributed by atoms with van der Waals surface area (Å²) >= 11 is 0. The van der Waals surface area contributed by atoms with Gasteiger partial charge in [-0.25, -0.2) is 4.79 Å². The number of nitrogens with one attached hydrogen (secondary N) is 1. The van der Waals surface area contributed by atoms with Crippen LogP contribution < -0.4 is 25.6 Å². The number of benzene rings is 2. The Morgan fingerprint density at radius 3 is 2.80 bits per heavy atom. The van der Waals surface area contributed by atoms with Crippen molar-refractivity contribution in [2.24, 2.45) is 0 Å². The minimum atomic E-state index is -0.627. The molecule has 3 aromatic rings. The molecule has 1 aromatic heterocycles. The second-order valence-corrected chi connectivity index (χ2v) is 7.44. The van der Waals surface area contributed by atoms with E-state index in [2.05, 4.69) is 4.98 Å². The van der Waals surface area contributed by atoms with Gasteiger partial charge in [0, 0.05) is 17.9 Å². The summed E-state index contributed by atoms with van der Waals surface area (Å²) in [6, 6.07) is 12.8. The van der Waals surface area contributed by atoms with Crippen molar-refractivity contribution in [3.63, 3.8) is 0 Å². The molecule has 0 aliphatic carbocycles. The first kappa shape index (κ1) is 18.2. The number of hydrogen-bond donors (Lipinski definition) is 1. The van der Waals surface area contributed by atoms with E-state index in [0.29, 0.717) is 17.1 Å². The molecule has 152 valence electrons. The average molecular weight is 405 g/mol. The van der Waals surface area contributed by atoms with Gasteiger partial charge in [0.1, 0.15) is 5.56 Å². The molecule has 3 heterocycles. The summed E-state index contributed by atoms with van der Waals surface area (Å²) in [7, 11) is 0. The topological polar surface area (TPSA) is 93.6 Å². The minimum Gasteiger partial charge on any atom is -0.454 e. The second-order valence-electron chi connectivity index (χ2n) is 7.44. The number of H-pyrrole nitrogens is 1. The van der Waals surface area contributed by atoms with Gasteiger partial charge in [-0.05, 0) is 42.7 Å². The van der Waals surface area contributed by atoms with Crippen molar-refractivity contribution in [2.45, 2.75) is 25.9 Å². The van der Waals surface area contributed by atoms with Crippen LogP contribution in [-0.2, 0) is 13.0 Å². The fourth-order valence-corrected chi connectivity index (χ4v) is 4.03. The number of carbonyl (C=O) groups is 1. The van der Waals surface area contributed by atoms with Crippen molar-refractivity contribution >= 4 is 11.6 Å². The highest BCUT2D eigenvalue weighted by Crippen LogP contribution is 2.33. The van der Waals surface area contributed by atoms with E-state index < -0.39 is 17.2 Å². The average Bonchev–Trinajstić information content (AvgIpc) is 3.33. The molecule has 1 amide bonds. The molecule has 0 bridgehead atoms. The molecular weight excluding hydrogens is 386 g/mol. The summed E-state index contributed by atoms with van der Waals surface area (Å²) in [4.78, 5) is 42.9. The fraction of sp³-hybridized carbons (Fsp3) is 0.227. The normalized spacial score (nSPS) is 16.6. The minimum absolute atomic E-state index is 0.0120. The van der Waals surface area contributed by atoms with Gasteiger partial charge in [0.05, 0.1) is 6.54 Å². The molecule has 30 heavy (non-hydrogen) atoms. The quantitative estimate of drug-likeness (QED) is 0.718. The summed E-state index contributed by atoms with van der Waals surface area (Å²) in [5, 5.41) is 0. The van der Waals surface area contributed by atoms with Gasteiger partial charge in [-0.2, -0.15) is 0 Å². The van der Waals surface area contributed by atoms with Crippen molar-refractivity contribution in [1.29, 1.82) is 0 Å². The lowest BCUT2D eigenvalue weighted by molar-refractivity contribution is 0.0979. The Morgan fingerprint density at radius 1 is 1.13 bits per heavy atom. The number of anilines is 1. The SMILES string of the molecule is C[C@H]1Cc2ccccc2N1C(=O)c1c[nH]c(=O)n(Cc2ccc3c(c2)OCO3)c1=O. The molecule has 0 unspecified atom stereocenters. The van der Waals surface area contributed by atoms with Gasteiger partial charge in [-0.3, -0.25) is 14.2 Å². The third kappa shape index (κ3) is 2.88. The predicted octanol–water partition coefficient (Wildman–Crippen LogP) is 1.91. The van der Waals surface area contributed by atoms with Crippen LogP contribution in [0.2, 0.25) is 0 Å². The molecule has 5 rings (SSSR count). The maximum Gasteiger partial charge on any atom is 0.328 e. The van der Waals surface area contributed by atoms with Crippen LogP contribution in [0.5, 0.6) is 11.5 Å². The highest BCUT2D eigenvalue weighted by molar-refractivity contribution is 6.07.